The summed E-state index contributed by atoms with van der Waals surface area (Å²) in [5, 5.41) is 7.91. The van der Waals surface area contributed by atoms with Crippen molar-refractivity contribution >= 4 is 32.3 Å². The molecule has 1 aliphatic heterocycles. The van der Waals surface area contributed by atoms with E-state index >= 15 is 0 Å². The Morgan fingerprint density at radius 3 is 2.30 bits per heavy atom. The Balaban J connectivity index is 1.54. The molecule has 0 N–H and O–H groups in total. The number of aryl methyl sites for hydroxylation is 2. The molecule has 4 aromatic carbocycles. The predicted octanol–water partition coefficient (Wildman–Crippen LogP) is 10.3. The molecule has 1 aromatic heterocycles. The Labute approximate surface area is 239 Å². The van der Waals surface area contributed by atoms with E-state index in [0.29, 0.717) is 11.3 Å². The van der Waals surface area contributed by atoms with Crippen LogP contribution in [0.15, 0.2) is 60.8 Å². The Morgan fingerprint density at radius 2 is 1.57 bits per heavy atom. The van der Waals surface area contributed by atoms with Crippen molar-refractivity contribution in [1.82, 2.24) is 0 Å². The second-order valence-corrected chi connectivity index (χ2v) is 14.5. The van der Waals surface area contributed by atoms with Gasteiger partial charge in [-0.1, -0.05) is 77.1 Å². The van der Waals surface area contributed by atoms with Crippen molar-refractivity contribution in [3.05, 3.63) is 77.5 Å². The molecule has 0 amide bonds. The lowest BCUT2D eigenvalue weighted by Gasteiger charge is -2.35. The summed E-state index contributed by atoms with van der Waals surface area (Å²) in [5.74, 6) is 2.67. The fraction of sp³-hybridized carbons (Fsp3) is 0.395. The van der Waals surface area contributed by atoms with Gasteiger partial charge in [-0.2, -0.15) is 0 Å². The molecule has 1 fully saturated rings. The number of rotatable bonds is 2. The van der Waals surface area contributed by atoms with Crippen LogP contribution in [0, 0.1) is 17.8 Å². The van der Waals surface area contributed by atoms with E-state index in [-0.39, 0.29) is 5.41 Å². The number of ether oxygens (including phenoxy) is 1. The monoisotopic (exact) mass is 528 g/mol. The van der Waals surface area contributed by atoms with Crippen molar-refractivity contribution in [2.75, 3.05) is 0 Å². The molecule has 0 saturated heterocycles. The van der Waals surface area contributed by atoms with Crippen LogP contribution in [-0.4, -0.2) is 0 Å². The van der Waals surface area contributed by atoms with Crippen molar-refractivity contribution in [2.45, 2.75) is 79.6 Å². The van der Waals surface area contributed by atoms with E-state index in [1.807, 2.05) is 0 Å². The van der Waals surface area contributed by atoms with Crippen molar-refractivity contribution in [3.8, 4) is 22.8 Å². The quantitative estimate of drug-likeness (QED) is 0.161. The van der Waals surface area contributed by atoms with Crippen LogP contribution in [0.3, 0.4) is 0 Å². The molecule has 0 unspecified atom stereocenters. The van der Waals surface area contributed by atoms with Crippen LogP contribution in [0.4, 0.5) is 0 Å². The standard InChI is InChI=1S/C38H42NO/c1-23-25-11-8-9-12-27(25)31(22-37(2,3)4)36-33(23)35-34-29(17-20-39(35)7)28-14-10-13-26(30(28)21-32(34)40-36)24-15-18-38(5,6)19-16-24/h8-14,17,20-21,24H,15-16,18-19,22H2,1-7H3/q+1. The highest BCUT2D eigenvalue weighted by molar-refractivity contribution is 6.16. The van der Waals surface area contributed by atoms with Gasteiger partial charge in [0.15, 0.2) is 6.20 Å². The summed E-state index contributed by atoms with van der Waals surface area (Å²) >= 11 is 0. The minimum atomic E-state index is 0.134. The average molecular weight is 529 g/mol. The van der Waals surface area contributed by atoms with Gasteiger partial charge in [0.2, 0.25) is 5.69 Å². The van der Waals surface area contributed by atoms with E-state index in [4.69, 9.17) is 4.74 Å². The summed E-state index contributed by atoms with van der Waals surface area (Å²) in [7, 11) is 2.19. The molecule has 1 aliphatic carbocycles. The molecule has 2 aliphatic rings. The zero-order chi connectivity index (χ0) is 28.0. The predicted molar refractivity (Wildman–Crippen MR) is 169 cm³/mol. The third-order valence-corrected chi connectivity index (χ3v) is 9.74. The summed E-state index contributed by atoms with van der Waals surface area (Å²) in [4.78, 5) is 0. The molecule has 0 atom stereocenters. The summed E-state index contributed by atoms with van der Waals surface area (Å²) < 4.78 is 9.45. The van der Waals surface area contributed by atoms with Gasteiger partial charge in [-0.3, -0.25) is 0 Å². The Bertz CT molecular complexity index is 1830. The van der Waals surface area contributed by atoms with Gasteiger partial charge in [-0.15, -0.1) is 0 Å². The van der Waals surface area contributed by atoms with Gasteiger partial charge in [0, 0.05) is 17.0 Å². The fourth-order valence-electron chi connectivity index (χ4n) is 7.62. The van der Waals surface area contributed by atoms with E-state index in [9.17, 15) is 0 Å². The van der Waals surface area contributed by atoms with Gasteiger partial charge in [0.05, 0.1) is 10.9 Å². The lowest BCUT2D eigenvalue weighted by molar-refractivity contribution is -0.659. The van der Waals surface area contributed by atoms with Gasteiger partial charge >= 0.3 is 0 Å². The van der Waals surface area contributed by atoms with Crippen LogP contribution in [0.5, 0.6) is 11.5 Å². The maximum atomic E-state index is 7.14. The molecule has 1 saturated carbocycles. The first-order chi connectivity index (χ1) is 19.0. The molecular formula is C38H42NO+. The van der Waals surface area contributed by atoms with Crippen LogP contribution in [-0.2, 0) is 13.5 Å². The third-order valence-electron chi connectivity index (χ3n) is 9.74. The summed E-state index contributed by atoms with van der Waals surface area (Å²) in [6.45, 7) is 14.1. The van der Waals surface area contributed by atoms with Gasteiger partial charge in [0.1, 0.15) is 18.5 Å². The Hall–Kier alpha value is -3.39. The minimum Gasteiger partial charge on any atom is -0.455 e. The van der Waals surface area contributed by atoms with E-state index in [1.165, 1.54) is 85.9 Å². The zero-order valence-corrected chi connectivity index (χ0v) is 25.2. The van der Waals surface area contributed by atoms with E-state index < -0.39 is 0 Å². The van der Waals surface area contributed by atoms with E-state index in [0.717, 1.165) is 17.9 Å². The Kier molecular flexibility index (Phi) is 5.63. The molecule has 2 heteroatoms. The van der Waals surface area contributed by atoms with Crippen LogP contribution >= 0.6 is 0 Å². The number of hydrogen-bond donors (Lipinski definition) is 0. The topological polar surface area (TPSA) is 13.1 Å². The second-order valence-electron chi connectivity index (χ2n) is 14.5. The summed E-state index contributed by atoms with van der Waals surface area (Å²) in [6.07, 6.45) is 8.33. The van der Waals surface area contributed by atoms with Crippen LogP contribution in [0.2, 0.25) is 0 Å². The highest BCUT2D eigenvalue weighted by Gasteiger charge is 2.35. The van der Waals surface area contributed by atoms with Crippen LogP contribution in [0.25, 0.3) is 43.6 Å². The molecule has 0 spiro atoms. The highest BCUT2D eigenvalue weighted by atomic mass is 16.5. The van der Waals surface area contributed by atoms with Crippen molar-refractivity contribution in [2.24, 2.45) is 17.9 Å². The number of fused-ring (bicyclic) bond motifs is 5. The molecule has 204 valence electrons. The van der Waals surface area contributed by atoms with Crippen molar-refractivity contribution in [3.63, 3.8) is 0 Å². The maximum Gasteiger partial charge on any atom is 0.228 e. The Morgan fingerprint density at radius 1 is 0.875 bits per heavy atom. The number of nitrogens with zero attached hydrogens (tertiary/aromatic N) is 1. The normalized spacial score (nSPS) is 16.9. The first kappa shape index (κ1) is 25.6. The van der Waals surface area contributed by atoms with Crippen LogP contribution in [0.1, 0.15) is 82.9 Å². The van der Waals surface area contributed by atoms with Gasteiger partial charge in [-0.05, 0) is 94.5 Å². The SMILES string of the molecule is Cc1c2c(c(CC(C)(C)C)c3ccccc13)Oc1cc3c(C4CCC(C)(C)CC4)cccc3c3cc[n+](C)c-2c13. The van der Waals surface area contributed by atoms with Crippen LogP contribution < -0.4 is 9.30 Å². The van der Waals surface area contributed by atoms with Gasteiger partial charge in [0.25, 0.3) is 0 Å². The van der Waals surface area contributed by atoms with Gasteiger partial charge in [-0.25, -0.2) is 4.57 Å². The number of benzene rings is 4. The van der Waals surface area contributed by atoms with E-state index in [1.54, 1.807) is 0 Å². The van der Waals surface area contributed by atoms with E-state index in [2.05, 4.69) is 114 Å². The number of hydrogen-bond acceptors (Lipinski definition) is 1. The second kappa shape index (κ2) is 8.80. The number of pyridine rings is 1. The first-order valence-corrected chi connectivity index (χ1v) is 15.1. The molecule has 7 rings (SSSR count). The van der Waals surface area contributed by atoms with Gasteiger partial charge < -0.3 is 4.74 Å². The molecular weight excluding hydrogens is 486 g/mol. The molecule has 2 heterocycles. The first-order valence-electron chi connectivity index (χ1n) is 15.1. The average Bonchev–Trinajstić information content (AvgIpc) is 2.91. The molecule has 40 heavy (non-hydrogen) atoms. The molecule has 5 aromatic rings. The number of aromatic nitrogens is 1. The minimum absolute atomic E-state index is 0.134. The van der Waals surface area contributed by atoms with Crippen molar-refractivity contribution in [1.29, 1.82) is 0 Å². The summed E-state index contributed by atoms with van der Waals surface area (Å²) in [6, 6.07) is 20.6. The largest absolute Gasteiger partial charge is 0.455 e. The lowest BCUT2D eigenvalue weighted by atomic mass is 9.70. The molecule has 0 radical (unpaired) electrons. The zero-order valence-electron chi connectivity index (χ0n) is 25.2. The fourth-order valence-corrected chi connectivity index (χ4v) is 7.62. The van der Waals surface area contributed by atoms with Crippen molar-refractivity contribution < 1.29 is 9.30 Å². The lowest BCUT2D eigenvalue weighted by Crippen LogP contribution is -2.32. The highest BCUT2D eigenvalue weighted by Crippen LogP contribution is 2.53. The summed E-state index contributed by atoms with van der Waals surface area (Å²) in [5.41, 5.74) is 7.25. The molecule has 0 bridgehead atoms. The molecule has 2 nitrogen and oxygen atoms in total. The third kappa shape index (κ3) is 3.94. The smallest absolute Gasteiger partial charge is 0.228 e. The maximum absolute atomic E-state index is 7.14.